The van der Waals surface area contributed by atoms with Crippen LogP contribution in [-0.4, -0.2) is 16.5 Å². The van der Waals surface area contributed by atoms with Crippen molar-refractivity contribution in [2.75, 3.05) is 6.54 Å². The monoisotopic (exact) mass is 305 g/mol. The Bertz CT molecular complexity index is 487. The molecule has 1 N–H and O–H groups in total. The van der Waals surface area contributed by atoms with Crippen LogP contribution in [0, 0.1) is 0 Å². The Labute approximate surface area is 116 Å². The number of nitrogens with one attached hydrogen (secondary N) is 1. The zero-order chi connectivity index (χ0) is 12.8. The van der Waals surface area contributed by atoms with Crippen molar-refractivity contribution in [1.82, 2.24) is 15.3 Å². The predicted octanol–water partition coefficient (Wildman–Crippen LogP) is 3.13. The van der Waals surface area contributed by atoms with E-state index in [1.54, 1.807) is 12.4 Å². The molecule has 0 bridgehead atoms. The molecule has 0 radical (unpaired) electrons. The summed E-state index contributed by atoms with van der Waals surface area (Å²) in [4.78, 5) is 8.51. The fourth-order valence-electron chi connectivity index (χ4n) is 1.92. The highest BCUT2D eigenvalue weighted by Gasteiger charge is 2.12. The van der Waals surface area contributed by atoms with Gasteiger partial charge in [0.05, 0.1) is 11.7 Å². The second kappa shape index (κ2) is 6.61. The first-order valence-corrected chi connectivity index (χ1v) is 6.82. The van der Waals surface area contributed by atoms with Crippen molar-refractivity contribution in [3.05, 3.63) is 58.6 Å². The first-order chi connectivity index (χ1) is 8.79. The van der Waals surface area contributed by atoms with Crippen molar-refractivity contribution in [3.8, 4) is 0 Å². The SMILES string of the molecule is CCNC(Cc1cccc(Br)c1)c1cnccn1. The van der Waals surface area contributed by atoms with Crippen molar-refractivity contribution in [2.24, 2.45) is 0 Å². The maximum atomic E-state index is 4.38. The van der Waals surface area contributed by atoms with Gasteiger partial charge in [-0.15, -0.1) is 0 Å². The molecule has 1 aromatic heterocycles. The zero-order valence-electron chi connectivity index (χ0n) is 10.3. The molecule has 1 aromatic carbocycles. The molecule has 0 saturated carbocycles. The van der Waals surface area contributed by atoms with Crippen LogP contribution in [0.2, 0.25) is 0 Å². The largest absolute Gasteiger partial charge is 0.309 e. The van der Waals surface area contributed by atoms with E-state index in [-0.39, 0.29) is 6.04 Å². The van der Waals surface area contributed by atoms with Gasteiger partial charge in [0.1, 0.15) is 0 Å². The van der Waals surface area contributed by atoms with E-state index in [1.165, 1.54) is 5.56 Å². The molecule has 94 valence electrons. The van der Waals surface area contributed by atoms with Crippen LogP contribution in [0.15, 0.2) is 47.3 Å². The lowest BCUT2D eigenvalue weighted by Gasteiger charge is -2.17. The van der Waals surface area contributed by atoms with Gasteiger partial charge in [0.15, 0.2) is 0 Å². The lowest BCUT2D eigenvalue weighted by molar-refractivity contribution is 0.534. The van der Waals surface area contributed by atoms with Crippen LogP contribution in [0.25, 0.3) is 0 Å². The first-order valence-electron chi connectivity index (χ1n) is 6.03. The second-order valence-electron chi connectivity index (χ2n) is 4.07. The number of hydrogen-bond donors (Lipinski definition) is 1. The first kappa shape index (κ1) is 13.2. The average Bonchev–Trinajstić information content (AvgIpc) is 2.39. The van der Waals surface area contributed by atoms with Crippen LogP contribution in [0.1, 0.15) is 24.2 Å². The molecule has 0 amide bonds. The maximum absolute atomic E-state index is 4.38. The summed E-state index contributed by atoms with van der Waals surface area (Å²) in [5.74, 6) is 0. The van der Waals surface area contributed by atoms with Gasteiger partial charge in [-0.25, -0.2) is 0 Å². The number of benzene rings is 1. The molecular formula is C14H16BrN3. The smallest absolute Gasteiger partial charge is 0.0759 e. The van der Waals surface area contributed by atoms with Gasteiger partial charge in [0.2, 0.25) is 0 Å². The van der Waals surface area contributed by atoms with Crippen LogP contribution in [0.5, 0.6) is 0 Å². The molecule has 3 nitrogen and oxygen atoms in total. The van der Waals surface area contributed by atoms with E-state index in [9.17, 15) is 0 Å². The molecule has 0 spiro atoms. The topological polar surface area (TPSA) is 37.8 Å². The molecule has 0 aliphatic rings. The maximum Gasteiger partial charge on any atom is 0.0759 e. The molecule has 1 atom stereocenters. The Morgan fingerprint density at radius 1 is 1.33 bits per heavy atom. The number of likely N-dealkylation sites (N-methyl/N-ethyl adjacent to an activating group) is 1. The highest BCUT2D eigenvalue weighted by Crippen LogP contribution is 2.18. The summed E-state index contributed by atoms with van der Waals surface area (Å²) >= 11 is 3.50. The Morgan fingerprint density at radius 2 is 2.22 bits per heavy atom. The predicted molar refractivity (Wildman–Crippen MR) is 76.3 cm³/mol. The summed E-state index contributed by atoms with van der Waals surface area (Å²) < 4.78 is 1.11. The third-order valence-electron chi connectivity index (χ3n) is 2.72. The van der Waals surface area contributed by atoms with Crippen molar-refractivity contribution in [2.45, 2.75) is 19.4 Å². The van der Waals surface area contributed by atoms with Gasteiger partial charge >= 0.3 is 0 Å². The average molecular weight is 306 g/mol. The fourth-order valence-corrected chi connectivity index (χ4v) is 2.36. The van der Waals surface area contributed by atoms with E-state index >= 15 is 0 Å². The lowest BCUT2D eigenvalue weighted by Crippen LogP contribution is -2.24. The molecule has 0 saturated heterocycles. The van der Waals surface area contributed by atoms with Crippen molar-refractivity contribution >= 4 is 15.9 Å². The van der Waals surface area contributed by atoms with Gasteiger partial charge in [-0.1, -0.05) is 35.0 Å². The van der Waals surface area contributed by atoms with Crippen molar-refractivity contribution in [3.63, 3.8) is 0 Å². The quantitative estimate of drug-likeness (QED) is 0.922. The molecule has 2 aromatic rings. The highest BCUT2D eigenvalue weighted by atomic mass is 79.9. The van der Waals surface area contributed by atoms with Crippen LogP contribution < -0.4 is 5.32 Å². The molecule has 0 aliphatic carbocycles. The standard InChI is InChI=1S/C14H16BrN3/c1-2-17-13(14-10-16-6-7-18-14)9-11-4-3-5-12(15)8-11/h3-8,10,13,17H,2,9H2,1H3. The minimum absolute atomic E-state index is 0.206. The van der Waals surface area contributed by atoms with Gasteiger partial charge < -0.3 is 5.32 Å². The van der Waals surface area contributed by atoms with E-state index in [4.69, 9.17) is 0 Å². The summed E-state index contributed by atoms with van der Waals surface area (Å²) in [6.45, 7) is 3.01. The van der Waals surface area contributed by atoms with E-state index in [2.05, 4.69) is 56.3 Å². The number of rotatable bonds is 5. The molecule has 2 rings (SSSR count). The van der Waals surface area contributed by atoms with Gasteiger partial charge in [0.25, 0.3) is 0 Å². The molecule has 18 heavy (non-hydrogen) atoms. The summed E-state index contributed by atoms with van der Waals surface area (Å²) in [5.41, 5.74) is 2.26. The van der Waals surface area contributed by atoms with E-state index < -0.39 is 0 Å². The number of aromatic nitrogens is 2. The minimum Gasteiger partial charge on any atom is -0.309 e. The highest BCUT2D eigenvalue weighted by molar-refractivity contribution is 9.10. The normalized spacial score (nSPS) is 12.3. The van der Waals surface area contributed by atoms with E-state index in [0.29, 0.717) is 0 Å². The Balaban J connectivity index is 2.16. The van der Waals surface area contributed by atoms with Gasteiger partial charge in [0, 0.05) is 23.1 Å². The summed E-state index contributed by atoms with van der Waals surface area (Å²) in [6, 6.07) is 8.57. The van der Waals surface area contributed by atoms with Crippen LogP contribution in [0.4, 0.5) is 0 Å². The second-order valence-corrected chi connectivity index (χ2v) is 4.99. The number of hydrogen-bond acceptors (Lipinski definition) is 3. The van der Waals surface area contributed by atoms with Gasteiger partial charge in [-0.05, 0) is 30.7 Å². The third-order valence-corrected chi connectivity index (χ3v) is 3.21. The summed E-state index contributed by atoms with van der Waals surface area (Å²) in [6.07, 6.45) is 6.17. The summed E-state index contributed by atoms with van der Waals surface area (Å²) in [5, 5.41) is 3.45. The lowest BCUT2D eigenvalue weighted by atomic mass is 10.0. The number of halogens is 1. The van der Waals surface area contributed by atoms with Gasteiger partial charge in [-0.3, -0.25) is 9.97 Å². The molecule has 0 aliphatic heterocycles. The summed E-state index contributed by atoms with van der Waals surface area (Å²) in [7, 11) is 0. The van der Waals surface area contributed by atoms with E-state index in [0.717, 1.165) is 23.1 Å². The molecule has 1 heterocycles. The van der Waals surface area contributed by atoms with Crippen LogP contribution in [0.3, 0.4) is 0 Å². The minimum atomic E-state index is 0.206. The third kappa shape index (κ3) is 3.62. The molecule has 1 unspecified atom stereocenters. The van der Waals surface area contributed by atoms with E-state index in [1.807, 2.05) is 12.3 Å². The number of nitrogens with zero attached hydrogens (tertiary/aromatic N) is 2. The zero-order valence-corrected chi connectivity index (χ0v) is 11.9. The van der Waals surface area contributed by atoms with Crippen molar-refractivity contribution < 1.29 is 0 Å². The fraction of sp³-hybridized carbons (Fsp3) is 0.286. The molecule has 0 fully saturated rings. The van der Waals surface area contributed by atoms with Crippen LogP contribution >= 0.6 is 15.9 Å². The van der Waals surface area contributed by atoms with Gasteiger partial charge in [-0.2, -0.15) is 0 Å². The van der Waals surface area contributed by atoms with Crippen molar-refractivity contribution in [1.29, 1.82) is 0 Å². The Hall–Kier alpha value is -1.26. The molecule has 4 heteroatoms. The molecular weight excluding hydrogens is 290 g/mol. The Morgan fingerprint density at radius 3 is 2.89 bits per heavy atom. The Kier molecular flexibility index (Phi) is 4.84. The van der Waals surface area contributed by atoms with Crippen LogP contribution in [-0.2, 0) is 6.42 Å².